The minimum Gasteiger partial charge on any atom is -0.328 e. The van der Waals surface area contributed by atoms with Crippen LogP contribution in [0.5, 0.6) is 0 Å². The third-order valence-corrected chi connectivity index (χ3v) is 5.05. The maximum Gasteiger partial charge on any atom is 0.227 e. The van der Waals surface area contributed by atoms with Crippen molar-refractivity contribution >= 4 is 22.6 Å². The van der Waals surface area contributed by atoms with Gasteiger partial charge in [-0.25, -0.2) is 9.37 Å². The molecule has 2 heterocycles. The predicted octanol–water partition coefficient (Wildman–Crippen LogP) is 4.50. The largest absolute Gasteiger partial charge is 0.328 e. The quantitative estimate of drug-likeness (QED) is 0.679. The fourth-order valence-electron chi connectivity index (χ4n) is 3.74. The number of carbonyl (C=O) groups is 1. The number of amides is 1. The molecule has 4 nitrogen and oxygen atoms in total. The molecule has 4 rings (SSSR count). The molecule has 0 N–H and O–H groups in total. The number of aromatic nitrogens is 2. The van der Waals surface area contributed by atoms with Crippen LogP contribution in [0.2, 0.25) is 0 Å². The number of nitrogens with zero attached hydrogens (tertiary/aromatic N) is 3. The molecule has 1 atom stereocenters. The molecule has 1 amide bonds. The number of hydrogen-bond acceptors (Lipinski definition) is 2. The Morgan fingerprint density at radius 1 is 1.15 bits per heavy atom. The summed E-state index contributed by atoms with van der Waals surface area (Å²) < 4.78 is 16.4. The normalized spacial score (nSPS) is 17.4. The van der Waals surface area contributed by atoms with Gasteiger partial charge >= 0.3 is 0 Å². The number of halogens is 1. The highest BCUT2D eigenvalue weighted by molar-refractivity contribution is 5.96. The Kier molecular flexibility index (Phi) is 4.45. The number of rotatable bonds is 5. The molecule has 0 aliphatic carbocycles. The van der Waals surface area contributed by atoms with Crippen molar-refractivity contribution in [2.24, 2.45) is 0 Å². The lowest BCUT2D eigenvalue weighted by Gasteiger charge is -2.18. The molecule has 134 valence electrons. The highest BCUT2D eigenvalue weighted by Crippen LogP contribution is 2.34. The number of aryl methyl sites for hydroxylation is 1. The van der Waals surface area contributed by atoms with Crippen molar-refractivity contribution in [3.63, 3.8) is 0 Å². The molecule has 1 aromatic heterocycles. The van der Waals surface area contributed by atoms with Crippen LogP contribution in [-0.2, 0) is 11.3 Å². The molecule has 0 spiro atoms. The van der Waals surface area contributed by atoms with Crippen molar-refractivity contribution in [3.8, 4) is 0 Å². The van der Waals surface area contributed by atoms with Crippen LogP contribution in [0.25, 0.3) is 11.0 Å². The van der Waals surface area contributed by atoms with E-state index in [4.69, 9.17) is 4.98 Å². The minimum absolute atomic E-state index is 0.0219. The lowest BCUT2D eigenvalue weighted by molar-refractivity contribution is -0.117. The summed E-state index contributed by atoms with van der Waals surface area (Å²) in [7, 11) is 0. The molecule has 2 aromatic carbocycles. The Morgan fingerprint density at radius 3 is 2.73 bits per heavy atom. The zero-order chi connectivity index (χ0) is 18.1. The summed E-state index contributed by atoms with van der Waals surface area (Å²) in [4.78, 5) is 19.0. The van der Waals surface area contributed by atoms with Crippen molar-refractivity contribution in [3.05, 3.63) is 60.2 Å². The lowest BCUT2D eigenvalue weighted by Crippen LogP contribution is -2.25. The van der Waals surface area contributed by atoms with Gasteiger partial charge in [0.2, 0.25) is 5.91 Å². The van der Waals surface area contributed by atoms with E-state index in [1.807, 2.05) is 18.2 Å². The van der Waals surface area contributed by atoms with E-state index in [0.29, 0.717) is 18.7 Å². The van der Waals surface area contributed by atoms with E-state index in [9.17, 15) is 9.18 Å². The van der Waals surface area contributed by atoms with Crippen molar-refractivity contribution in [1.82, 2.24) is 9.55 Å². The fraction of sp³-hybridized carbons (Fsp3) is 0.333. The first-order chi connectivity index (χ1) is 12.7. The van der Waals surface area contributed by atoms with Gasteiger partial charge in [0.05, 0.1) is 16.7 Å². The Balaban J connectivity index is 1.70. The van der Waals surface area contributed by atoms with Crippen molar-refractivity contribution in [2.45, 2.75) is 38.6 Å². The number of para-hydroxylation sites is 3. The van der Waals surface area contributed by atoms with E-state index in [-0.39, 0.29) is 17.6 Å². The maximum atomic E-state index is 14.1. The van der Waals surface area contributed by atoms with Gasteiger partial charge in [-0.05, 0) is 30.7 Å². The number of hydrogen-bond donors (Lipinski definition) is 0. The first-order valence-electron chi connectivity index (χ1n) is 9.19. The zero-order valence-corrected chi connectivity index (χ0v) is 14.9. The average molecular weight is 351 g/mol. The molecule has 0 saturated carbocycles. The molecule has 1 unspecified atom stereocenters. The highest BCUT2D eigenvalue weighted by atomic mass is 19.1. The summed E-state index contributed by atoms with van der Waals surface area (Å²) in [6, 6.07) is 14.5. The topological polar surface area (TPSA) is 38.1 Å². The minimum atomic E-state index is -0.360. The highest BCUT2D eigenvalue weighted by Gasteiger charge is 2.35. The number of benzene rings is 2. The Bertz CT molecular complexity index is 949. The molecular formula is C21H22FN3O. The number of anilines is 1. The molecular weight excluding hydrogens is 329 g/mol. The third kappa shape index (κ3) is 2.87. The second-order valence-corrected chi connectivity index (χ2v) is 6.82. The van der Waals surface area contributed by atoms with Gasteiger partial charge in [0, 0.05) is 25.4 Å². The van der Waals surface area contributed by atoms with Gasteiger partial charge < -0.3 is 9.47 Å². The van der Waals surface area contributed by atoms with Gasteiger partial charge in [0.1, 0.15) is 11.6 Å². The van der Waals surface area contributed by atoms with Crippen LogP contribution < -0.4 is 4.90 Å². The first kappa shape index (κ1) is 16.8. The fourth-order valence-corrected chi connectivity index (χ4v) is 3.74. The van der Waals surface area contributed by atoms with Crippen LogP contribution in [0, 0.1) is 5.82 Å². The Hall–Kier alpha value is -2.69. The summed E-state index contributed by atoms with van der Waals surface area (Å²) in [5, 5.41) is 0. The summed E-state index contributed by atoms with van der Waals surface area (Å²) in [6.45, 7) is 3.52. The van der Waals surface area contributed by atoms with Gasteiger partial charge in [-0.2, -0.15) is 0 Å². The molecule has 1 aliphatic rings. The average Bonchev–Trinajstić information content (AvgIpc) is 3.21. The van der Waals surface area contributed by atoms with E-state index >= 15 is 0 Å². The molecule has 1 aliphatic heterocycles. The predicted molar refractivity (Wildman–Crippen MR) is 101 cm³/mol. The monoisotopic (exact) mass is 351 g/mol. The van der Waals surface area contributed by atoms with Gasteiger partial charge in [0.25, 0.3) is 0 Å². The SMILES string of the molecule is CCCCn1c(C2CC(=O)N(c3ccccc3F)C2)nc2ccccc21. The van der Waals surface area contributed by atoms with Crippen LogP contribution in [0.4, 0.5) is 10.1 Å². The van der Waals surface area contributed by atoms with Crippen LogP contribution >= 0.6 is 0 Å². The number of imidazole rings is 1. The molecule has 1 fully saturated rings. The first-order valence-corrected chi connectivity index (χ1v) is 9.19. The zero-order valence-electron chi connectivity index (χ0n) is 14.9. The second-order valence-electron chi connectivity index (χ2n) is 6.82. The van der Waals surface area contributed by atoms with Crippen LogP contribution in [0.15, 0.2) is 48.5 Å². The maximum absolute atomic E-state index is 14.1. The van der Waals surface area contributed by atoms with Gasteiger partial charge in [0.15, 0.2) is 0 Å². The summed E-state index contributed by atoms with van der Waals surface area (Å²) in [5.41, 5.74) is 2.42. The number of carbonyl (C=O) groups excluding carboxylic acids is 1. The van der Waals surface area contributed by atoms with Gasteiger partial charge in [-0.3, -0.25) is 4.79 Å². The van der Waals surface area contributed by atoms with Crippen LogP contribution in [0.3, 0.4) is 0 Å². The molecule has 26 heavy (non-hydrogen) atoms. The van der Waals surface area contributed by atoms with Gasteiger partial charge in [-0.15, -0.1) is 0 Å². The van der Waals surface area contributed by atoms with Crippen molar-refractivity contribution < 1.29 is 9.18 Å². The van der Waals surface area contributed by atoms with Crippen LogP contribution in [-0.4, -0.2) is 22.0 Å². The molecule has 3 aromatic rings. The van der Waals surface area contributed by atoms with Gasteiger partial charge in [-0.1, -0.05) is 37.6 Å². The number of fused-ring (bicyclic) bond motifs is 1. The summed E-state index contributed by atoms with van der Waals surface area (Å²) in [5.74, 6) is 0.508. The number of unbranched alkanes of at least 4 members (excludes halogenated alkanes) is 1. The Labute approximate surface area is 152 Å². The van der Waals surface area contributed by atoms with E-state index in [0.717, 1.165) is 36.2 Å². The third-order valence-electron chi connectivity index (χ3n) is 5.05. The molecule has 0 radical (unpaired) electrons. The standard InChI is InChI=1S/C21H22FN3O/c1-2-3-12-24-19-11-7-5-9-17(19)23-21(24)15-13-20(26)25(14-15)18-10-6-4-8-16(18)22/h4-11,15H,2-3,12-14H2,1H3. The van der Waals surface area contributed by atoms with E-state index < -0.39 is 0 Å². The van der Waals surface area contributed by atoms with Crippen LogP contribution in [0.1, 0.15) is 37.9 Å². The second kappa shape index (κ2) is 6.90. The lowest BCUT2D eigenvalue weighted by atomic mass is 10.1. The molecule has 5 heteroatoms. The molecule has 0 bridgehead atoms. The van der Waals surface area contributed by atoms with Crippen molar-refractivity contribution in [1.29, 1.82) is 0 Å². The van der Waals surface area contributed by atoms with E-state index in [2.05, 4.69) is 17.6 Å². The summed E-state index contributed by atoms with van der Waals surface area (Å²) in [6.07, 6.45) is 2.52. The molecule has 1 saturated heterocycles. The summed E-state index contributed by atoms with van der Waals surface area (Å²) >= 11 is 0. The Morgan fingerprint density at radius 2 is 1.92 bits per heavy atom. The van der Waals surface area contributed by atoms with E-state index in [1.165, 1.54) is 6.07 Å². The van der Waals surface area contributed by atoms with Crippen molar-refractivity contribution in [2.75, 3.05) is 11.4 Å². The van der Waals surface area contributed by atoms with E-state index in [1.54, 1.807) is 23.1 Å². The smallest absolute Gasteiger partial charge is 0.227 e.